The Morgan fingerprint density at radius 3 is 3.04 bits per heavy atom. The highest BCUT2D eigenvalue weighted by molar-refractivity contribution is 6.32. The van der Waals surface area contributed by atoms with E-state index in [1.54, 1.807) is 18.3 Å². The van der Waals surface area contributed by atoms with Gasteiger partial charge in [0.25, 0.3) is 5.91 Å². The van der Waals surface area contributed by atoms with Crippen LogP contribution >= 0.6 is 11.6 Å². The predicted molar refractivity (Wildman–Crippen MR) is 94.4 cm³/mol. The number of aromatic nitrogens is 1. The van der Waals surface area contributed by atoms with Gasteiger partial charge in [-0.25, -0.2) is 4.98 Å². The number of hydrogen-bond acceptors (Lipinski definition) is 4. The van der Waals surface area contributed by atoms with Gasteiger partial charge in [-0.15, -0.1) is 0 Å². The SMILES string of the molecule is CNc1cc(C2CCCN2C(=O)COc2ccccc2Cl)ccn1. The van der Waals surface area contributed by atoms with E-state index in [0.717, 1.165) is 30.8 Å². The zero-order valence-electron chi connectivity index (χ0n) is 13.5. The number of hydrogen-bond donors (Lipinski definition) is 1. The Labute approximate surface area is 146 Å². The lowest BCUT2D eigenvalue weighted by Crippen LogP contribution is -2.34. The van der Waals surface area contributed by atoms with Crippen molar-refractivity contribution in [2.75, 3.05) is 25.5 Å². The number of amides is 1. The van der Waals surface area contributed by atoms with Crippen LogP contribution in [0.25, 0.3) is 0 Å². The fourth-order valence-electron chi connectivity index (χ4n) is 2.99. The van der Waals surface area contributed by atoms with Gasteiger partial charge in [-0.3, -0.25) is 4.79 Å². The second-order valence-electron chi connectivity index (χ2n) is 5.69. The van der Waals surface area contributed by atoms with Crippen LogP contribution in [0.2, 0.25) is 5.02 Å². The van der Waals surface area contributed by atoms with Crippen molar-refractivity contribution in [1.29, 1.82) is 0 Å². The number of nitrogens with one attached hydrogen (secondary N) is 1. The Balaban J connectivity index is 1.68. The van der Waals surface area contributed by atoms with Gasteiger partial charge in [0.1, 0.15) is 11.6 Å². The summed E-state index contributed by atoms with van der Waals surface area (Å²) >= 11 is 6.06. The zero-order chi connectivity index (χ0) is 16.9. The molecule has 0 spiro atoms. The minimum Gasteiger partial charge on any atom is -0.482 e. The average Bonchev–Trinajstić information content (AvgIpc) is 3.11. The number of benzene rings is 1. The lowest BCUT2D eigenvalue weighted by molar-refractivity contribution is -0.134. The van der Waals surface area contributed by atoms with Crippen LogP contribution in [0.4, 0.5) is 5.82 Å². The van der Waals surface area contributed by atoms with E-state index >= 15 is 0 Å². The highest BCUT2D eigenvalue weighted by atomic mass is 35.5. The normalized spacial score (nSPS) is 16.9. The fourth-order valence-corrected chi connectivity index (χ4v) is 3.18. The van der Waals surface area contributed by atoms with E-state index in [2.05, 4.69) is 10.3 Å². The molecule has 1 aromatic carbocycles. The maximum atomic E-state index is 12.6. The van der Waals surface area contributed by atoms with Crippen molar-refractivity contribution in [1.82, 2.24) is 9.88 Å². The first-order chi connectivity index (χ1) is 11.7. The molecule has 1 aliphatic rings. The van der Waals surface area contributed by atoms with Gasteiger partial charge in [0.05, 0.1) is 11.1 Å². The number of carbonyl (C=O) groups is 1. The Kier molecular flexibility index (Phi) is 5.20. The third-order valence-corrected chi connectivity index (χ3v) is 4.50. The summed E-state index contributed by atoms with van der Waals surface area (Å²) in [5, 5.41) is 3.54. The van der Waals surface area contributed by atoms with Gasteiger partial charge in [-0.2, -0.15) is 0 Å². The molecule has 1 amide bonds. The van der Waals surface area contributed by atoms with Gasteiger partial charge < -0.3 is 15.0 Å². The highest BCUT2D eigenvalue weighted by Crippen LogP contribution is 2.33. The molecule has 0 saturated carbocycles. The summed E-state index contributed by atoms with van der Waals surface area (Å²) in [5.74, 6) is 1.31. The van der Waals surface area contributed by atoms with Crippen molar-refractivity contribution in [3.63, 3.8) is 0 Å². The van der Waals surface area contributed by atoms with Crippen LogP contribution in [-0.2, 0) is 4.79 Å². The number of likely N-dealkylation sites (tertiary alicyclic amines) is 1. The summed E-state index contributed by atoms with van der Waals surface area (Å²) in [6.45, 7) is 0.733. The van der Waals surface area contributed by atoms with Gasteiger partial charge in [-0.1, -0.05) is 23.7 Å². The van der Waals surface area contributed by atoms with E-state index in [9.17, 15) is 4.79 Å². The van der Waals surface area contributed by atoms with E-state index in [-0.39, 0.29) is 18.6 Å². The van der Waals surface area contributed by atoms with Crippen molar-refractivity contribution >= 4 is 23.3 Å². The second kappa shape index (κ2) is 7.53. The van der Waals surface area contributed by atoms with E-state index in [4.69, 9.17) is 16.3 Å². The third-order valence-electron chi connectivity index (χ3n) is 4.19. The molecular formula is C18H20ClN3O2. The maximum absolute atomic E-state index is 12.6. The molecule has 2 heterocycles. The minimum absolute atomic E-state index is 0.00972. The lowest BCUT2D eigenvalue weighted by Gasteiger charge is -2.25. The molecule has 1 aliphatic heterocycles. The second-order valence-corrected chi connectivity index (χ2v) is 6.10. The average molecular weight is 346 g/mol. The van der Waals surface area contributed by atoms with Crippen LogP contribution in [0.1, 0.15) is 24.4 Å². The molecule has 1 aromatic heterocycles. The molecule has 1 N–H and O–H groups in total. The molecule has 2 aromatic rings. The highest BCUT2D eigenvalue weighted by Gasteiger charge is 2.30. The molecule has 1 saturated heterocycles. The molecular weight excluding hydrogens is 326 g/mol. The molecule has 0 radical (unpaired) electrons. The Hall–Kier alpha value is -2.27. The zero-order valence-corrected chi connectivity index (χ0v) is 14.3. The van der Waals surface area contributed by atoms with Gasteiger partial charge >= 0.3 is 0 Å². The summed E-state index contributed by atoms with van der Waals surface area (Å²) in [4.78, 5) is 18.7. The predicted octanol–water partition coefficient (Wildman–Crippen LogP) is 3.52. The van der Waals surface area contributed by atoms with Crippen LogP contribution in [0.5, 0.6) is 5.75 Å². The van der Waals surface area contributed by atoms with E-state index in [0.29, 0.717) is 10.8 Å². The van der Waals surface area contributed by atoms with Gasteiger partial charge in [-0.05, 0) is 42.7 Å². The summed E-state index contributed by atoms with van der Waals surface area (Å²) in [7, 11) is 1.83. The van der Waals surface area contributed by atoms with Crippen LogP contribution in [0.15, 0.2) is 42.6 Å². The van der Waals surface area contributed by atoms with Gasteiger partial charge in [0.2, 0.25) is 0 Å². The van der Waals surface area contributed by atoms with Gasteiger partial charge in [0, 0.05) is 19.8 Å². The molecule has 3 rings (SSSR count). The minimum atomic E-state index is -0.0276. The number of rotatable bonds is 5. The molecule has 24 heavy (non-hydrogen) atoms. The van der Waals surface area contributed by atoms with Crippen molar-refractivity contribution in [3.8, 4) is 5.75 Å². The number of ether oxygens (including phenoxy) is 1. The monoisotopic (exact) mass is 345 g/mol. The first-order valence-electron chi connectivity index (χ1n) is 7.99. The van der Waals surface area contributed by atoms with Crippen LogP contribution in [0, 0.1) is 0 Å². The molecule has 5 nitrogen and oxygen atoms in total. The third kappa shape index (κ3) is 3.62. The van der Waals surface area contributed by atoms with Gasteiger partial charge in [0.15, 0.2) is 6.61 Å². The van der Waals surface area contributed by atoms with E-state index in [1.165, 1.54) is 0 Å². The smallest absolute Gasteiger partial charge is 0.261 e. The Bertz CT molecular complexity index is 723. The molecule has 126 valence electrons. The number of carbonyl (C=O) groups excluding carboxylic acids is 1. The van der Waals surface area contributed by atoms with Crippen molar-refractivity contribution in [2.24, 2.45) is 0 Å². The number of anilines is 1. The lowest BCUT2D eigenvalue weighted by atomic mass is 10.1. The number of halogens is 1. The molecule has 6 heteroatoms. The van der Waals surface area contributed by atoms with E-state index in [1.807, 2.05) is 36.2 Å². The summed E-state index contributed by atoms with van der Waals surface area (Å²) in [6, 6.07) is 11.2. The van der Waals surface area contributed by atoms with Crippen LogP contribution in [-0.4, -0.2) is 36.0 Å². The van der Waals surface area contributed by atoms with Crippen LogP contribution < -0.4 is 10.1 Å². The van der Waals surface area contributed by atoms with Crippen LogP contribution in [0.3, 0.4) is 0 Å². The Morgan fingerprint density at radius 2 is 2.25 bits per heavy atom. The number of nitrogens with zero attached hydrogens (tertiary/aromatic N) is 2. The van der Waals surface area contributed by atoms with Crippen molar-refractivity contribution in [3.05, 3.63) is 53.2 Å². The quantitative estimate of drug-likeness (QED) is 0.900. The molecule has 1 atom stereocenters. The number of para-hydroxylation sites is 1. The topological polar surface area (TPSA) is 54.5 Å². The summed E-state index contributed by atoms with van der Waals surface area (Å²) in [6.07, 6.45) is 3.70. The van der Waals surface area contributed by atoms with E-state index < -0.39 is 0 Å². The fraction of sp³-hybridized carbons (Fsp3) is 0.333. The summed E-state index contributed by atoms with van der Waals surface area (Å²) < 4.78 is 5.59. The molecule has 1 fully saturated rings. The first-order valence-corrected chi connectivity index (χ1v) is 8.37. The largest absolute Gasteiger partial charge is 0.482 e. The molecule has 1 unspecified atom stereocenters. The maximum Gasteiger partial charge on any atom is 0.261 e. The molecule has 0 aliphatic carbocycles. The Morgan fingerprint density at radius 1 is 1.42 bits per heavy atom. The standard InChI is InChI=1S/C18H20ClN3O2/c1-20-17-11-13(8-9-21-17)15-6-4-10-22(15)18(23)12-24-16-7-3-2-5-14(16)19/h2-3,5,7-9,11,15H,4,6,10,12H2,1H3,(H,20,21). The van der Waals surface area contributed by atoms with Crippen molar-refractivity contribution in [2.45, 2.75) is 18.9 Å². The number of pyridine rings is 1. The van der Waals surface area contributed by atoms with Crippen molar-refractivity contribution < 1.29 is 9.53 Å². The first kappa shape index (κ1) is 16.6. The summed E-state index contributed by atoms with van der Waals surface area (Å²) in [5.41, 5.74) is 1.10. The molecule has 0 bridgehead atoms.